The number of carbonyl (C=O) groups is 1. The van der Waals surface area contributed by atoms with Crippen molar-refractivity contribution in [3.8, 4) is 5.75 Å². The summed E-state index contributed by atoms with van der Waals surface area (Å²) in [4.78, 5) is 13.6. The molecule has 0 aliphatic rings. The quantitative estimate of drug-likeness (QED) is 0.833. The van der Waals surface area contributed by atoms with Crippen LogP contribution in [0, 0.1) is 0 Å². The fourth-order valence-electron chi connectivity index (χ4n) is 1.75. The molecule has 7 heteroatoms. The number of rotatable bonds is 6. The van der Waals surface area contributed by atoms with Crippen molar-refractivity contribution in [3.05, 3.63) is 28.2 Å². The molecule has 0 heterocycles. The van der Waals surface area contributed by atoms with Gasteiger partial charge in [0.2, 0.25) is 0 Å². The lowest BCUT2D eigenvalue weighted by Crippen LogP contribution is -2.41. The number of methoxy groups -OCH3 is 2. The summed E-state index contributed by atoms with van der Waals surface area (Å²) in [6.07, 6.45) is -0.608. The maximum absolute atomic E-state index is 12.1. The summed E-state index contributed by atoms with van der Waals surface area (Å²) in [7, 11) is 4.79. The third kappa shape index (κ3) is 4.94. The van der Waals surface area contributed by atoms with E-state index < -0.39 is 6.10 Å². The first kappa shape index (κ1) is 19.2. The molecule has 1 aromatic rings. The molecule has 0 aromatic heterocycles. The van der Waals surface area contributed by atoms with E-state index in [-0.39, 0.29) is 24.9 Å². The fraction of sp³-hybridized carbons (Fsp3) is 0.462. The zero-order valence-corrected chi connectivity index (χ0v) is 14.2. The number of hydrogen-bond acceptors (Lipinski definition) is 4. The van der Waals surface area contributed by atoms with Gasteiger partial charge in [-0.2, -0.15) is 0 Å². The molecule has 0 saturated heterocycles. The van der Waals surface area contributed by atoms with E-state index >= 15 is 0 Å². The predicted octanol–water partition coefficient (Wildman–Crippen LogP) is 1.81. The van der Waals surface area contributed by atoms with Crippen LogP contribution in [0.1, 0.15) is 5.56 Å². The van der Waals surface area contributed by atoms with Crippen molar-refractivity contribution < 1.29 is 14.3 Å². The van der Waals surface area contributed by atoms with Gasteiger partial charge in [0.1, 0.15) is 11.9 Å². The van der Waals surface area contributed by atoms with E-state index in [0.717, 1.165) is 15.8 Å². The minimum Gasteiger partial charge on any atom is -0.496 e. The Balaban J connectivity index is 0.00000361. The molecular weight excluding hydrogens is 348 g/mol. The number of nitrogens with two attached hydrogens (primary N) is 1. The highest BCUT2D eigenvalue weighted by Crippen LogP contribution is 2.24. The molecule has 20 heavy (non-hydrogen) atoms. The third-order valence-corrected chi connectivity index (χ3v) is 3.29. The molecule has 5 nitrogen and oxygen atoms in total. The van der Waals surface area contributed by atoms with Crippen molar-refractivity contribution in [1.29, 1.82) is 0 Å². The zero-order valence-electron chi connectivity index (χ0n) is 11.8. The molecular formula is C13H20BrClN2O3. The summed E-state index contributed by atoms with van der Waals surface area (Å²) in [5, 5.41) is 0. The van der Waals surface area contributed by atoms with Gasteiger partial charge in [0.05, 0.1) is 7.11 Å². The Morgan fingerprint density at radius 3 is 2.60 bits per heavy atom. The van der Waals surface area contributed by atoms with Crippen LogP contribution >= 0.6 is 28.3 Å². The van der Waals surface area contributed by atoms with Crippen molar-refractivity contribution in [3.63, 3.8) is 0 Å². The van der Waals surface area contributed by atoms with Crippen LogP contribution < -0.4 is 10.5 Å². The first-order chi connectivity index (χ1) is 9.03. The monoisotopic (exact) mass is 366 g/mol. The minimum absolute atomic E-state index is 0. The molecule has 1 unspecified atom stereocenters. The lowest BCUT2D eigenvalue weighted by Gasteiger charge is -2.23. The highest BCUT2D eigenvalue weighted by Gasteiger charge is 2.21. The molecule has 114 valence electrons. The lowest BCUT2D eigenvalue weighted by molar-refractivity contribution is -0.140. The number of nitrogens with zero attached hydrogens (tertiary/aromatic N) is 1. The molecule has 0 saturated carbocycles. The van der Waals surface area contributed by atoms with Gasteiger partial charge in [-0.1, -0.05) is 15.9 Å². The maximum Gasteiger partial charge on any atom is 0.253 e. The Bertz CT molecular complexity index is 442. The van der Waals surface area contributed by atoms with Crippen LogP contribution in [0.25, 0.3) is 0 Å². The molecule has 1 rings (SSSR count). The maximum atomic E-state index is 12.1. The van der Waals surface area contributed by atoms with Crippen LogP contribution in [0.2, 0.25) is 0 Å². The number of hydrogen-bond donors (Lipinski definition) is 1. The van der Waals surface area contributed by atoms with Crippen molar-refractivity contribution >= 4 is 34.2 Å². The fourth-order valence-corrected chi connectivity index (χ4v) is 2.16. The minimum atomic E-state index is -0.608. The first-order valence-corrected chi connectivity index (χ1v) is 6.63. The standard InChI is InChI=1S/C13H19BrN2O3.ClH/c1-16(13(17)12(7-15)19-3)8-9-6-10(14)4-5-11(9)18-2;/h4-6,12H,7-8,15H2,1-3H3;1H. The van der Waals surface area contributed by atoms with Crippen LogP contribution in [0.5, 0.6) is 5.75 Å². The molecule has 0 spiro atoms. The molecule has 0 fully saturated rings. The van der Waals surface area contributed by atoms with Gasteiger partial charge in [0, 0.05) is 37.3 Å². The Hall–Kier alpha value is -0.820. The number of amides is 1. The summed E-state index contributed by atoms with van der Waals surface area (Å²) >= 11 is 3.41. The SMILES string of the molecule is COc1ccc(Br)cc1CN(C)C(=O)C(CN)OC.Cl. The lowest BCUT2D eigenvalue weighted by atomic mass is 10.2. The topological polar surface area (TPSA) is 64.8 Å². The van der Waals surface area contributed by atoms with Crippen molar-refractivity contribution in [2.75, 3.05) is 27.8 Å². The van der Waals surface area contributed by atoms with Crippen LogP contribution in [-0.2, 0) is 16.1 Å². The van der Waals surface area contributed by atoms with Crippen LogP contribution in [0.4, 0.5) is 0 Å². The summed E-state index contributed by atoms with van der Waals surface area (Å²) in [5.41, 5.74) is 6.41. The molecule has 2 N–H and O–H groups in total. The Kier molecular flexibility index (Phi) is 8.80. The smallest absolute Gasteiger partial charge is 0.253 e. The molecule has 1 amide bonds. The van der Waals surface area contributed by atoms with Gasteiger partial charge in [-0.3, -0.25) is 4.79 Å². The van der Waals surface area contributed by atoms with Gasteiger partial charge in [0.25, 0.3) is 5.91 Å². The van der Waals surface area contributed by atoms with Crippen LogP contribution in [-0.4, -0.2) is 44.7 Å². The average molecular weight is 368 g/mol. The van der Waals surface area contributed by atoms with E-state index in [9.17, 15) is 4.79 Å². The largest absolute Gasteiger partial charge is 0.496 e. The second kappa shape index (κ2) is 9.18. The van der Waals surface area contributed by atoms with Gasteiger partial charge in [-0.05, 0) is 18.2 Å². The Morgan fingerprint density at radius 1 is 1.45 bits per heavy atom. The number of carbonyl (C=O) groups excluding carboxylic acids is 1. The molecule has 0 aliphatic carbocycles. The highest BCUT2D eigenvalue weighted by molar-refractivity contribution is 9.10. The summed E-state index contributed by atoms with van der Waals surface area (Å²) in [6, 6.07) is 5.67. The molecule has 1 aromatic carbocycles. The van der Waals surface area contributed by atoms with Gasteiger partial charge < -0.3 is 20.1 Å². The predicted molar refractivity (Wildman–Crippen MR) is 84.3 cm³/mol. The number of likely N-dealkylation sites (N-methyl/N-ethyl adjacent to an activating group) is 1. The van der Waals surface area contributed by atoms with E-state index in [1.54, 1.807) is 19.1 Å². The molecule has 0 radical (unpaired) electrons. The van der Waals surface area contributed by atoms with Crippen molar-refractivity contribution in [2.24, 2.45) is 5.73 Å². The first-order valence-electron chi connectivity index (χ1n) is 5.83. The number of ether oxygens (including phenoxy) is 2. The Labute approximate surface area is 133 Å². The van der Waals surface area contributed by atoms with E-state index in [1.807, 2.05) is 18.2 Å². The van der Waals surface area contributed by atoms with Gasteiger partial charge in [-0.25, -0.2) is 0 Å². The van der Waals surface area contributed by atoms with Gasteiger partial charge in [0.15, 0.2) is 0 Å². The zero-order chi connectivity index (χ0) is 14.4. The summed E-state index contributed by atoms with van der Waals surface area (Å²) in [5.74, 6) is 0.594. The van der Waals surface area contributed by atoms with E-state index in [1.165, 1.54) is 7.11 Å². The van der Waals surface area contributed by atoms with Gasteiger partial charge in [-0.15, -0.1) is 12.4 Å². The van der Waals surface area contributed by atoms with Crippen LogP contribution in [0.3, 0.4) is 0 Å². The highest BCUT2D eigenvalue weighted by atomic mass is 79.9. The van der Waals surface area contributed by atoms with E-state index in [0.29, 0.717) is 6.54 Å². The average Bonchev–Trinajstić information content (AvgIpc) is 2.40. The summed E-state index contributed by atoms with van der Waals surface area (Å²) < 4.78 is 11.3. The van der Waals surface area contributed by atoms with Crippen molar-refractivity contribution in [1.82, 2.24) is 4.90 Å². The summed E-state index contributed by atoms with van der Waals surface area (Å²) in [6.45, 7) is 0.594. The molecule has 0 bridgehead atoms. The molecule has 1 atom stereocenters. The number of benzene rings is 1. The Morgan fingerprint density at radius 2 is 2.10 bits per heavy atom. The number of halogens is 2. The van der Waals surface area contributed by atoms with Crippen LogP contribution in [0.15, 0.2) is 22.7 Å². The van der Waals surface area contributed by atoms with E-state index in [2.05, 4.69) is 15.9 Å². The third-order valence-electron chi connectivity index (χ3n) is 2.80. The second-order valence-electron chi connectivity index (χ2n) is 4.11. The van der Waals surface area contributed by atoms with Gasteiger partial charge >= 0.3 is 0 Å². The van der Waals surface area contributed by atoms with Crippen molar-refractivity contribution in [2.45, 2.75) is 12.6 Å². The normalized spacial score (nSPS) is 11.4. The van der Waals surface area contributed by atoms with E-state index in [4.69, 9.17) is 15.2 Å². The molecule has 0 aliphatic heterocycles. The second-order valence-corrected chi connectivity index (χ2v) is 5.03.